The number of aryl methyl sites for hydroxylation is 1. The molecule has 1 aromatic heterocycles. The molecule has 5 nitrogen and oxygen atoms in total. The summed E-state index contributed by atoms with van der Waals surface area (Å²) in [6.07, 6.45) is 3.42. The highest BCUT2D eigenvalue weighted by molar-refractivity contribution is 7.99. The third kappa shape index (κ3) is 2.06. The van der Waals surface area contributed by atoms with Crippen molar-refractivity contribution >= 4 is 11.8 Å². The molecule has 6 heteroatoms. The van der Waals surface area contributed by atoms with Gasteiger partial charge in [0.1, 0.15) is 0 Å². The van der Waals surface area contributed by atoms with Gasteiger partial charge in [-0.3, -0.25) is 0 Å². The number of nitrogens with zero attached hydrogens (tertiary/aromatic N) is 4. The molecule has 2 N–H and O–H groups in total. The molecule has 1 saturated heterocycles. The highest BCUT2D eigenvalue weighted by Gasteiger charge is 2.23. The molecule has 2 heterocycles. The molecule has 0 aromatic carbocycles. The van der Waals surface area contributed by atoms with Crippen LogP contribution in [-0.4, -0.2) is 32.5 Å². The van der Waals surface area contributed by atoms with Crippen molar-refractivity contribution in [3.63, 3.8) is 0 Å². The van der Waals surface area contributed by atoms with Gasteiger partial charge in [-0.1, -0.05) is 0 Å². The zero-order valence-electron chi connectivity index (χ0n) is 8.09. The van der Waals surface area contributed by atoms with Crippen LogP contribution in [0.4, 0.5) is 0 Å². The minimum absolute atomic E-state index is 0.503. The van der Waals surface area contributed by atoms with Crippen LogP contribution in [0.3, 0.4) is 0 Å². The minimum Gasteiger partial charge on any atom is -0.330 e. The zero-order chi connectivity index (χ0) is 9.80. The Balaban J connectivity index is 2.04. The normalized spacial score (nSPS) is 21.6. The molecule has 0 amide bonds. The first-order valence-corrected chi connectivity index (χ1v) is 6.04. The first-order valence-electron chi connectivity index (χ1n) is 4.99. The van der Waals surface area contributed by atoms with Gasteiger partial charge in [-0.25, -0.2) is 4.68 Å². The molecular weight excluding hydrogens is 198 g/mol. The molecule has 0 spiro atoms. The molecule has 0 radical (unpaired) electrons. The van der Waals surface area contributed by atoms with Crippen molar-refractivity contribution in [1.29, 1.82) is 0 Å². The van der Waals surface area contributed by atoms with E-state index in [2.05, 4.69) is 15.5 Å². The Hall–Kier alpha value is -0.620. The van der Waals surface area contributed by atoms with Crippen LogP contribution in [0.5, 0.6) is 0 Å². The van der Waals surface area contributed by atoms with Crippen molar-refractivity contribution < 1.29 is 0 Å². The molecule has 1 fully saturated rings. The quantitative estimate of drug-likeness (QED) is 0.792. The molecule has 1 aliphatic heterocycles. The Morgan fingerprint density at radius 1 is 1.57 bits per heavy atom. The third-order valence-corrected chi connectivity index (χ3v) is 3.72. The topological polar surface area (TPSA) is 69.6 Å². The number of hydrogen-bond acceptors (Lipinski definition) is 5. The lowest BCUT2D eigenvalue weighted by Gasteiger charge is -2.07. The molecule has 1 unspecified atom stereocenters. The molecule has 0 saturated carbocycles. The van der Waals surface area contributed by atoms with E-state index in [1.54, 1.807) is 0 Å². The van der Waals surface area contributed by atoms with Crippen molar-refractivity contribution in [1.82, 2.24) is 20.2 Å². The van der Waals surface area contributed by atoms with E-state index in [0.29, 0.717) is 11.8 Å². The van der Waals surface area contributed by atoms with Crippen LogP contribution in [0.25, 0.3) is 0 Å². The predicted octanol–water partition coefficient (Wildman–Crippen LogP) is 0.590. The Bertz CT molecular complexity index is 281. The van der Waals surface area contributed by atoms with E-state index in [9.17, 15) is 0 Å². The molecule has 0 aliphatic carbocycles. The predicted molar refractivity (Wildman–Crippen MR) is 55.9 cm³/mol. The van der Waals surface area contributed by atoms with Crippen LogP contribution in [0.15, 0.2) is 0 Å². The SMILES string of the molecule is NCCCn1nnnc1C1CCCS1. The summed E-state index contributed by atoms with van der Waals surface area (Å²) in [5.74, 6) is 2.26. The van der Waals surface area contributed by atoms with Gasteiger partial charge < -0.3 is 5.73 Å². The fourth-order valence-electron chi connectivity index (χ4n) is 1.62. The molecule has 14 heavy (non-hydrogen) atoms. The highest BCUT2D eigenvalue weighted by atomic mass is 32.2. The maximum Gasteiger partial charge on any atom is 0.164 e. The first kappa shape index (κ1) is 9.92. The zero-order valence-corrected chi connectivity index (χ0v) is 8.91. The molecule has 78 valence electrons. The maximum absolute atomic E-state index is 5.46. The Morgan fingerprint density at radius 2 is 2.50 bits per heavy atom. The second-order valence-corrected chi connectivity index (χ2v) is 4.71. The second kappa shape index (κ2) is 4.75. The van der Waals surface area contributed by atoms with Crippen LogP contribution in [-0.2, 0) is 6.54 Å². The van der Waals surface area contributed by atoms with Crippen molar-refractivity contribution in [2.45, 2.75) is 31.1 Å². The van der Waals surface area contributed by atoms with Crippen molar-refractivity contribution in [2.24, 2.45) is 5.73 Å². The monoisotopic (exact) mass is 213 g/mol. The summed E-state index contributed by atoms with van der Waals surface area (Å²) in [6, 6.07) is 0. The Morgan fingerprint density at radius 3 is 3.21 bits per heavy atom. The summed E-state index contributed by atoms with van der Waals surface area (Å²) in [7, 11) is 0. The lowest BCUT2D eigenvalue weighted by atomic mass is 10.2. The van der Waals surface area contributed by atoms with Crippen LogP contribution in [0.2, 0.25) is 0 Å². The molecular formula is C8H15N5S. The molecule has 1 atom stereocenters. The summed E-state index contributed by atoms with van der Waals surface area (Å²) in [6.45, 7) is 1.53. The second-order valence-electron chi connectivity index (χ2n) is 3.40. The molecule has 0 bridgehead atoms. The van der Waals surface area contributed by atoms with Gasteiger partial charge in [0.2, 0.25) is 0 Å². The number of thioether (sulfide) groups is 1. The van der Waals surface area contributed by atoms with Crippen LogP contribution < -0.4 is 5.73 Å². The van der Waals surface area contributed by atoms with Gasteiger partial charge in [-0.2, -0.15) is 11.8 Å². The number of aromatic nitrogens is 4. The fourth-order valence-corrected chi connectivity index (χ4v) is 2.89. The highest BCUT2D eigenvalue weighted by Crippen LogP contribution is 2.38. The average Bonchev–Trinajstić information content (AvgIpc) is 2.84. The lowest BCUT2D eigenvalue weighted by Crippen LogP contribution is -2.11. The van der Waals surface area contributed by atoms with E-state index >= 15 is 0 Å². The van der Waals surface area contributed by atoms with E-state index in [1.165, 1.54) is 18.6 Å². The fraction of sp³-hybridized carbons (Fsp3) is 0.875. The number of tetrazole rings is 1. The van der Waals surface area contributed by atoms with Crippen molar-refractivity contribution in [3.05, 3.63) is 5.82 Å². The van der Waals surface area contributed by atoms with Gasteiger partial charge in [-0.05, 0) is 42.0 Å². The largest absolute Gasteiger partial charge is 0.330 e. The van der Waals surface area contributed by atoms with E-state index in [-0.39, 0.29) is 0 Å². The summed E-state index contributed by atoms with van der Waals surface area (Å²) in [5, 5.41) is 12.3. The van der Waals surface area contributed by atoms with E-state index in [0.717, 1.165) is 18.8 Å². The van der Waals surface area contributed by atoms with Crippen molar-refractivity contribution in [3.8, 4) is 0 Å². The van der Waals surface area contributed by atoms with Crippen LogP contribution in [0, 0.1) is 0 Å². The first-order chi connectivity index (χ1) is 6.92. The Labute approximate surface area is 87.4 Å². The number of nitrogens with two attached hydrogens (primary N) is 1. The van der Waals surface area contributed by atoms with E-state index in [1.807, 2.05) is 16.4 Å². The third-order valence-electron chi connectivity index (χ3n) is 2.35. The molecule has 2 rings (SSSR count). The maximum atomic E-state index is 5.46. The Kier molecular flexibility index (Phi) is 3.36. The number of hydrogen-bond donors (Lipinski definition) is 1. The minimum atomic E-state index is 0.503. The van der Waals surface area contributed by atoms with Gasteiger partial charge in [0.05, 0.1) is 5.25 Å². The summed E-state index contributed by atoms with van der Waals surface area (Å²) in [5.41, 5.74) is 5.46. The van der Waals surface area contributed by atoms with Gasteiger partial charge in [0.15, 0.2) is 5.82 Å². The smallest absolute Gasteiger partial charge is 0.164 e. The van der Waals surface area contributed by atoms with Crippen LogP contribution in [0.1, 0.15) is 30.3 Å². The number of rotatable bonds is 4. The summed E-state index contributed by atoms with van der Waals surface area (Å²) < 4.78 is 1.90. The van der Waals surface area contributed by atoms with Gasteiger partial charge >= 0.3 is 0 Å². The van der Waals surface area contributed by atoms with E-state index < -0.39 is 0 Å². The summed E-state index contributed by atoms with van der Waals surface area (Å²) in [4.78, 5) is 0. The standard InChI is InChI=1S/C8H15N5S/c9-4-2-5-13-8(10-11-12-13)7-3-1-6-14-7/h7H,1-6,9H2. The lowest BCUT2D eigenvalue weighted by molar-refractivity contribution is 0.537. The van der Waals surface area contributed by atoms with Gasteiger partial charge in [0.25, 0.3) is 0 Å². The van der Waals surface area contributed by atoms with E-state index in [4.69, 9.17) is 5.73 Å². The van der Waals surface area contributed by atoms with Gasteiger partial charge in [-0.15, -0.1) is 5.10 Å². The van der Waals surface area contributed by atoms with Crippen molar-refractivity contribution in [2.75, 3.05) is 12.3 Å². The summed E-state index contributed by atoms with van der Waals surface area (Å²) >= 11 is 1.95. The van der Waals surface area contributed by atoms with Crippen LogP contribution >= 0.6 is 11.8 Å². The molecule has 1 aliphatic rings. The average molecular weight is 213 g/mol. The van der Waals surface area contributed by atoms with Gasteiger partial charge in [0, 0.05) is 6.54 Å². The molecule has 1 aromatic rings.